The maximum absolute atomic E-state index is 12.7. The predicted molar refractivity (Wildman–Crippen MR) is 175 cm³/mol. The Kier molecular flexibility index (Phi) is 13.5. The quantitative estimate of drug-likeness (QED) is 0.0790. The molecule has 0 amide bonds. The van der Waals surface area contributed by atoms with Crippen LogP contribution in [0.4, 0.5) is 0 Å². The van der Waals surface area contributed by atoms with Gasteiger partial charge in [-0.1, -0.05) is 85.0 Å². The highest BCUT2D eigenvalue weighted by Gasteiger charge is 2.52. The zero-order chi connectivity index (χ0) is 29.9. The van der Waals surface area contributed by atoms with E-state index < -0.39 is 0 Å². The van der Waals surface area contributed by atoms with Gasteiger partial charge in [0.05, 0.1) is 6.34 Å². The minimum absolute atomic E-state index is 0.0105. The van der Waals surface area contributed by atoms with Crippen LogP contribution >= 0.6 is 0 Å². The van der Waals surface area contributed by atoms with Crippen molar-refractivity contribution in [1.82, 2.24) is 5.32 Å². The first-order chi connectivity index (χ1) is 19.6. The van der Waals surface area contributed by atoms with Crippen molar-refractivity contribution in [3.63, 3.8) is 0 Å². The molecule has 0 spiro atoms. The lowest BCUT2D eigenvalue weighted by Crippen LogP contribution is -2.49. The number of carbonyl (C=O) groups excluding carboxylic acids is 1. The first-order valence-corrected chi connectivity index (χ1v) is 17.3. The summed E-state index contributed by atoms with van der Waals surface area (Å²) in [6, 6.07) is 0. The number of rotatable bonds is 13. The lowest BCUT2D eigenvalue weighted by atomic mass is 9.47. The van der Waals surface area contributed by atoms with Crippen molar-refractivity contribution in [1.29, 1.82) is 0 Å². The van der Waals surface area contributed by atoms with E-state index >= 15 is 0 Å². The maximum atomic E-state index is 12.7. The topological polar surface area (TPSA) is 50.7 Å². The number of fused-ring (bicyclic) bond motifs is 3. The molecule has 0 bridgehead atoms. The fraction of sp³-hybridized carbons (Fsp3) is 0.838. The molecule has 41 heavy (non-hydrogen) atoms. The summed E-state index contributed by atoms with van der Waals surface area (Å²) in [5, 5.41) is 2.84. The highest BCUT2D eigenvalue weighted by Crippen LogP contribution is 2.61. The highest BCUT2D eigenvalue weighted by atomic mass is 16.5. The molecule has 0 aromatic rings. The van der Waals surface area contributed by atoms with Crippen LogP contribution in [0.5, 0.6) is 0 Å². The van der Waals surface area contributed by atoms with E-state index in [2.05, 4.69) is 64.5 Å². The number of nitrogens with zero attached hydrogens (tertiary/aromatic N) is 1. The van der Waals surface area contributed by atoms with E-state index in [1.807, 2.05) is 0 Å². The smallest absolute Gasteiger partial charge is 0.306 e. The highest BCUT2D eigenvalue weighted by molar-refractivity contribution is 5.69. The molecule has 2 fully saturated rings. The number of hydrogen-bond acceptors (Lipinski definition) is 3. The summed E-state index contributed by atoms with van der Waals surface area (Å²) in [7, 11) is 0. The molecule has 7 unspecified atom stereocenters. The fourth-order valence-electron chi connectivity index (χ4n) is 8.94. The van der Waals surface area contributed by atoms with Gasteiger partial charge in [-0.2, -0.15) is 0 Å². The number of carbonyl (C=O) groups is 1. The van der Waals surface area contributed by atoms with Crippen LogP contribution in [0.3, 0.4) is 0 Å². The third-order valence-electron chi connectivity index (χ3n) is 11.5. The number of nitrogens with one attached hydrogen (secondary N) is 1. The van der Waals surface area contributed by atoms with Gasteiger partial charge >= 0.3 is 5.97 Å². The maximum Gasteiger partial charge on any atom is 0.306 e. The van der Waals surface area contributed by atoms with Gasteiger partial charge < -0.3 is 10.1 Å². The molecular weight excluding hydrogens is 504 g/mol. The summed E-state index contributed by atoms with van der Waals surface area (Å²) in [6.07, 6.45) is 25.1. The van der Waals surface area contributed by atoms with Gasteiger partial charge in [-0.15, -0.1) is 0 Å². The van der Waals surface area contributed by atoms with Crippen LogP contribution in [0, 0.1) is 40.4 Å². The Balaban J connectivity index is 1.62. The fourth-order valence-corrected chi connectivity index (χ4v) is 8.94. The number of hydrogen-bond donors (Lipinski definition) is 1. The molecule has 0 aliphatic heterocycles. The van der Waals surface area contributed by atoms with Gasteiger partial charge in [-0.3, -0.25) is 9.79 Å². The first-order valence-electron chi connectivity index (χ1n) is 17.3. The summed E-state index contributed by atoms with van der Waals surface area (Å²) in [4.78, 5) is 16.9. The van der Waals surface area contributed by atoms with E-state index in [1.54, 1.807) is 12.5 Å². The van der Waals surface area contributed by atoms with Gasteiger partial charge in [0.1, 0.15) is 6.10 Å². The van der Waals surface area contributed by atoms with E-state index in [0.717, 1.165) is 48.9 Å². The van der Waals surface area contributed by atoms with Crippen LogP contribution < -0.4 is 5.32 Å². The Morgan fingerprint density at radius 1 is 1.12 bits per heavy atom. The van der Waals surface area contributed by atoms with Crippen molar-refractivity contribution in [3.8, 4) is 0 Å². The number of ether oxygens (including phenoxy) is 1. The molecule has 3 aliphatic rings. The summed E-state index contributed by atoms with van der Waals surface area (Å²) in [5.74, 6) is 4.12. The van der Waals surface area contributed by atoms with Crippen molar-refractivity contribution in [2.45, 2.75) is 150 Å². The van der Waals surface area contributed by atoms with Gasteiger partial charge in [0.2, 0.25) is 0 Å². The number of unbranched alkanes of at least 4 members (excludes halogenated alkanes) is 3. The third-order valence-corrected chi connectivity index (χ3v) is 11.5. The first kappa shape index (κ1) is 33.9. The molecule has 0 aromatic carbocycles. The van der Waals surface area contributed by atoms with E-state index in [0.29, 0.717) is 24.8 Å². The minimum Gasteiger partial charge on any atom is -0.462 e. The largest absolute Gasteiger partial charge is 0.462 e. The van der Waals surface area contributed by atoms with Crippen molar-refractivity contribution < 1.29 is 9.53 Å². The molecule has 0 aromatic heterocycles. The van der Waals surface area contributed by atoms with Gasteiger partial charge in [-0.25, -0.2) is 0 Å². The summed E-state index contributed by atoms with van der Waals surface area (Å²) >= 11 is 0. The second-order valence-electron chi connectivity index (χ2n) is 15.1. The Labute approximate surface area is 253 Å². The molecule has 0 radical (unpaired) electrons. The third kappa shape index (κ3) is 9.99. The van der Waals surface area contributed by atoms with Crippen LogP contribution in [0.2, 0.25) is 0 Å². The minimum atomic E-state index is -0.0767. The van der Waals surface area contributed by atoms with Gasteiger partial charge in [0.25, 0.3) is 0 Å². The number of aliphatic imine (C=N–C) groups is 1. The SMILES string of the molecule is C=CNC=NCCCC(=O)OC1CCC(C)(C)C2CCC3(C)CC(C(C)CCCCCC)CCC3C2CC=C(C)C1. The van der Waals surface area contributed by atoms with Crippen LogP contribution in [0.15, 0.2) is 29.4 Å². The van der Waals surface area contributed by atoms with Gasteiger partial charge in [0.15, 0.2) is 0 Å². The standard InChI is InChI=1S/C37H64N2O2/c1-8-10-11-12-14-29(4)30-17-19-34-32-18-16-28(3)25-31(41-35(40)15-13-24-39-27-38-9-2)20-22-36(5,6)33(32)21-23-37(34,7)26-30/h9,16,27,29-34H,2,8,10-15,17-26H2,1,3-7H3,(H,38,39). The summed E-state index contributed by atoms with van der Waals surface area (Å²) in [6.45, 7) is 19.1. The van der Waals surface area contributed by atoms with Crippen molar-refractivity contribution in [2.24, 2.45) is 45.4 Å². The van der Waals surface area contributed by atoms with E-state index in [1.165, 1.54) is 76.2 Å². The van der Waals surface area contributed by atoms with E-state index in [-0.39, 0.29) is 17.5 Å². The molecule has 1 N–H and O–H groups in total. The molecule has 4 nitrogen and oxygen atoms in total. The summed E-state index contributed by atoms with van der Waals surface area (Å²) in [5.41, 5.74) is 2.18. The zero-order valence-corrected chi connectivity index (χ0v) is 27.7. The van der Waals surface area contributed by atoms with Crippen LogP contribution in [0.1, 0.15) is 144 Å². The lowest BCUT2D eigenvalue weighted by molar-refractivity contribution is -0.150. The van der Waals surface area contributed by atoms with Crippen LogP contribution in [-0.2, 0) is 9.53 Å². The van der Waals surface area contributed by atoms with Gasteiger partial charge in [-0.05, 0) is 111 Å². The van der Waals surface area contributed by atoms with Crippen molar-refractivity contribution in [3.05, 3.63) is 24.4 Å². The van der Waals surface area contributed by atoms with Crippen LogP contribution in [-0.4, -0.2) is 25.0 Å². The number of esters is 1. The molecule has 234 valence electrons. The molecule has 0 heterocycles. The van der Waals surface area contributed by atoms with E-state index in [4.69, 9.17) is 4.74 Å². The van der Waals surface area contributed by atoms with Crippen molar-refractivity contribution >= 4 is 12.3 Å². The van der Waals surface area contributed by atoms with Crippen molar-refractivity contribution in [2.75, 3.05) is 6.54 Å². The molecule has 4 heteroatoms. The lowest BCUT2D eigenvalue weighted by Gasteiger charge is -2.58. The number of allylic oxidation sites excluding steroid dienone is 1. The molecular formula is C37H64N2O2. The Bertz CT molecular complexity index is 876. The second kappa shape index (κ2) is 16.3. The van der Waals surface area contributed by atoms with Gasteiger partial charge in [0, 0.05) is 19.4 Å². The predicted octanol–water partition coefficient (Wildman–Crippen LogP) is 10.0. The summed E-state index contributed by atoms with van der Waals surface area (Å²) < 4.78 is 6.06. The molecule has 3 rings (SSSR count). The molecule has 3 aliphatic carbocycles. The van der Waals surface area contributed by atoms with Crippen LogP contribution in [0.25, 0.3) is 0 Å². The Morgan fingerprint density at radius 2 is 1.93 bits per heavy atom. The van der Waals surface area contributed by atoms with E-state index in [9.17, 15) is 4.79 Å². The Hall–Kier alpha value is -1.58. The second-order valence-corrected chi connectivity index (χ2v) is 15.1. The average molecular weight is 569 g/mol. The molecule has 2 saturated carbocycles. The zero-order valence-electron chi connectivity index (χ0n) is 27.7. The Morgan fingerprint density at radius 3 is 2.68 bits per heavy atom. The normalized spacial score (nSPS) is 32.7. The monoisotopic (exact) mass is 568 g/mol. The molecule has 7 atom stereocenters. The molecule has 0 saturated heterocycles. The average Bonchev–Trinajstić information content (AvgIpc) is 2.93.